The highest BCUT2D eigenvalue weighted by atomic mass is 35.5. The first kappa shape index (κ1) is 13.1. The van der Waals surface area contributed by atoms with Crippen LogP contribution in [0.2, 0.25) is 0 Å². The average Bonchev–Trinajstić information content (AvgIpc) is 2.79. The molecule has 96 valence electrons. The van der Waals surface area contributed by atoms with Crippen LogP contribution in [0.3, 0.4) is 0 Å². The minimum absolute atomic E-state index is 0.0665. The summed E-state index contributed by atoms with van der Waals surface area (Å²) in [4.78, 5) is 25.4. The Kier molecular flexibility index (Phi) is 4.02. The molecule has 1 aliphatic heterocycles. The van der Waals surface area contributed by atoms with Crippen LogP contribution in [0.25, 0.3) is 0 Å². The Morgan fingerprint density at radius 3 is 2.89 bits per heavy atom. The first-order valence-electron chi connectivity index (χ1n) is 6.15. The van der Waals surface area contributed by atoms with Gasteiger partial charge in [-0.25, -0.2) is 0 Å². The molecular formula is C14H16ClNO2. The predicted molar refractivity (Wildman–Crippen MR) is 70.4 cm³/mol. The Bertz CT molecular complexity index is 473. The van der Waals surface area contributed by atoms with E-state index in [9.17, 15) is 9.59 Å². The maximum absolute atomic E-state index is 12.2. The van der Waals surface area contributed by atoms with Gasteiger partial charge >= 0.3 is 0 Å². The second-order valence-corrected chi connectivity index (χ2v) is 4.89. The van der Waals surface area contributed by atoms with Crippen LogP contribution < -0.4 is 0 Å². The van der Waals surface area contributed by atoms with Crippen LogP contribution in [0.1, 0.15) is 35.7 Å². The molecule has 3 nitrogen and oxygen atoms in total. The molecule has 4 heteroatoms. The van der Waals surface area contributed by atoms with E-state index < -0.39 is 0 Å². The maximum atomic E-state index is 12.2. The Morgan fingerprint density at radius 2 is 2.28 bits per heavy atom. The van der Waals surface area contributed by atoms with Crippen LogP contribution in [0.5, 0.6) is 0 Å². The van der Waals surface area contributed by atoms with E-state index in [1.165, 1.54) is 4.90 Å². The first-order valence-corrected chi connectivity index (χ1v) is 6.68. The molecule has 0 spiro atoms. The van der Waals surface area contributed by atoms with Crippen LogP contribution in [-0.2, 0) is 10.7 Å². The van der Waals surface area contributed by atoms with E-state index in [0.29, 0.717) is 30.3 Å². The molecule has 0 aliphatic carbocycles. The van der Waals surface area contributed by atoms with E-state index in [0.717, 1.165) is 12.0 Å². The topological polar surface area (TPSA) is 37.4 Å². The Labute approximate surface area is 112 Å². The zero-order chi connectivity index (χ0) is 13.1. The van der Waals surface area contributed by atoms with Crippen molar-refractivity contribution in [3.63, 3.8) is 0 Å². The standard InChI is InChI=1S/C14H16ClNO2/c1-2-10-7-13(17)16(9-10)14(18)12-5-3-4-11(6-12)8-15/h3-6,10H,2,7-9H2,1H3. The van der Waals surface area contributed by atoms with Gasteiger partial charge in [0, 0.05) is 24.4 Å². The second kappa shape index (κ2) is 5.53. The number of benzene rings is 1. The van der Waals surface area contributed by atoms with Crippen molar-refractivity contribution in [2.24, 2.45) is 5.92 Å². The molecule has 1 unspecified atom stereocenters. The fraction of sp³-hybridized carbons (Fsp3) is 0.429. The van der Waals surface area contributed by atoms with Crippen molar-refractivity contribution in [3.8, 4) is 0 Å². The molecule has 2 amide bonds. The van der Waals surface area contributed by atoms with Gasteiger partial charge in [-0.15, -0.1) is 11.6 Å². The zero-order valence-electron chi connectivity index (χ0n) is 10.4. The number of rotatable bonds is 3. The molecule has 1 heterocycles. The fourth-order valence-corrected chi connectivity index (χ4v) is 2.36. The number of likely N-dealkylation sites (tertiary alicyclic amines) is 1. The number of nitrogens with zero attached hydrogens (tertiary/aromatic N) is 1. The lowest BCUT2D eigenvalue weighted by atomic mass is 10.1. The van der Waals surface area contributed by atoms with Crippen molar-refractivity contribution in [2.75, 3.05) is 6.54 Å². The van der Waals surface area contributed by atoms with Crippen LogP contribution in [0.4, 0.5) is 0 Å². The Hall–Kier alpha value is -1.35. The number of halogens is 1. The van der Waals surface area contributed by atoms with Gasteiger partial charge in [0.2, 0.25) is 5.91 Å². The number of carbonyl (C=O) groups is 2. The molecular weight excluding hydrogens is 250 g/mol. The molecule has 1 saturated heterocycles. The van der Waals surface area contributed by atoms with Gasteiger partial charge in [-0.2, -0.15) is 0 Å². The number of imide groups is 1. The summed E-state index contributed by atoms with van der Waals surface area (Å²) in [6.45, 7) is 2.58. The minimum atomic E-state index is -0.206. The van der Waals surface area contributed by atoms with E-state index in [2.05, 4.69) is 0 Å². The van der Waals surface area contributed by atoms with Crippen molar-refractivity contribution in [1.82, 2.24) is 4.90 Å². The number of amides is 2. The van der Waals surface area contributed by atoms with E-state index in [-0.39, 0.29) is 11.8 Å². The number of hydrogen-bond donors (Lipinski definition) is 0. The largest absolute Gasteiger partial charge is 0.278 e. The van der Waals surface area contributed by atoms with Gasteiger partial charge < -0.3 is 0 Å². The summed E-state index contributed by atoms with van der Waals surface area (Å²) >= 11 is 5.75. The molecule has 0 N–H and O–H groups in total. The summed E-state index contributed by atoms with van der Waals surface area (Å²) in [7, 11) is 0. The van der Waals surface area contributed by atoms with Crippen LogP contribution in [0, 0.1) is 5.92 Å². The lowest BCUT2D eigenvalue weighted by Gasteiger charge is -2.14. The third-order valence-electron chi connectivity index (χ3n) is 3.36. The summed E-state index contributed by atoms with van der Waals surface area (Å²) in [5, 5.41) is 0. The zero-order valence-corrected chi connectivity index (χ0v) is 11.1. The molecule has 18 heavy (non-hydrogen) atoms. The number of alkyl halides is 1. The summed E-state index contributed by atoms with van der Waals surface area (Å²) in [5.74, 6) is 0.399. The molecule has 0 aromatic heterocycles. The molecule has 1 aliphatic rings. The van der Waals surface area contributed by atoms with Crippen molar-refractivity contribution in [3.05, 3.63) is 35.4 Å². The highest BCUT2D eigenvalue weighted by Crippen LogP contribution is 2.22. The van der Waals surface area contributed by atoms with Gasteiger partial charge in [-0.3, -0.25) is 14.5 Å². The number of hydrogen-bond acceptors (Lipinski definition) is 2. The molecule has 1 fully saturated rings. The van der Waals surface area contributed by atoms with Crippen molar-refractivity contribution in [2.45, 2.75) is 25.6 Å². The normalized spacial score (nSPS) is 19.3. The highest BCUT2D eigenvalue weighted by Gasteiger charge is 2.33. The lowest BCUT2D eigenvalue weighted by molar-refractivity contribution is -0.125. The Balaban J connectivity index is 2.18. The summed E-state index contributed by atoms with van der Waals surface area (Å²) in [6, 6.07) is 7.14. The first-order chi connectivity index (χ1) is 8.65. The predicted octanol–water partition coefficient (Wildman–Crippen LogP) is 2.82. The highest BCUT2D eigenvalue weighted by molar-refractivity contribution is 6.17. The lowest BCUT2D eigenvalue weighted by Crippen LogP contribution is -2.32. The Morgan fingerprint density at radius 1 is 1.50 bits per heavy atom. The second-order valence-electron chi connectivity index (χ2n) is 4.62. The molecule has 1 aromatic rings. The molecule has 1 aromatic carbocycles. The average molecular weight is 266 g/mol. The van der Waals surface area contributed by atoms with Gasteiger partial charge in [0.05, 0.1) is 0 Å². The van der Waals surface area contributed by atoms with E-state index >= 15 is 0 Å². The molecule has 2 rings (SSSR count). The smallest absolute Gasteiger partial charge is 0.260 e. The summed E-state index contributed by atoms with van der Waals surface area (Å²) < 4.78 is 0. The van der Waals surface area contributed by atoms with Gasteiger partial charge in [-0.1, -0.05) is 25.5 Å². The molecule has 1 atom stereocenters. The van der Waals surface area contributed by atoms with E-state index in [1.807, 2.05) is 13.0 Å². The van der Waals surface area contributed by atoms with Crippen LogP contribution in [-0.4, -0.2) is 23.3 Å². The SMILES string of the molecule is CCC1CC(=O)N(C(=O)c2cccc(CCl)c2)C1. The third kappa shape index (κ3) is 2.56. The van der Waals surface area contributed by atoms with Crippen molar-refractivity contribution in [1.29, 1.82) is 0 Å². The van der Waals surface area contributed by atoms with Gasteiger partial charge in [0.1, 0.15) is 0 Å². The minimum Gasteiger partial charge on any atom is -0.278 e. The maximum Gasteiger partial charge on any atom is 0.260 e. The van der Waals surface area contributed by atoms with Crippen LogP contribution >= 0.6 is 11.6 Å². The monoisotopic (exact) mass is 265 g/mol. The third-order valence-corrected chi connectivity index (χ3v) is 3.66. The summed E-state index contributed by atoms with van der Waals surface area (Å²) in [6.07, 6.45) is 1.41. The van der Waals surface area contributed by atoms with Crippen LogP contribution in [0.15, 0.2) is 24.3 Å². The summed E-state index contributed by atoms with van der Waals surface area (Å²) in [5.41, 5.74) is 1.43. The van der Waals surface area contributed by atoms with Crippen molar-refractivity contribution >= 4 is 23.4 Å². The van der Waals surface area contributed by atoms with E-state index in [4.69, 9.17) is 11.6 Å². The fourth-order valence-electron chi connectivity index (χ4n) is 2.19. The van der Waals surface area contributed by atoms with E-state index in [1.54, 1.807) is 18.2 Å². The number of carbonyl (C=O) groups excluding carboxylic acids is 2. The molecule has 0 saturated carbocycles. The molecule has 0 bridgehead atoms. The quantitative estimate of drug-likeness (QED) is 0.623. The van der Waals surface area contributed by atoms with Crippen molar-refractivity contribution < 1.29 is 9.59 Å². The van der Waals surface area contributed by atoms with Gasteiger partial charge in [0.25, 0.3) is 5.91 Å². The van der Waals surface area contributed by atoms with Gasteiger partial charge in [-0.05, 0) is 23.6 Å². The van der Waals surface area contributed by atoms with Gasteiger partial charge in [0.15, 0.2) is 0 Å². The molecule has 0 radical (unpaired) electrons.